The summed E-state index contributed by atoms with van der Waals surface area (Å²) in [4.78, 5) is 25.8. The van der Waals surface area contributed by atoms with Gasteiger partial charge in [0, 0.05) is 18.7 Å². The van der Waals surface area contributed by atoms with Gasteiger partial charge in [-0.25, -0.2) is 4.79 Å². The summed E-state index contributed by atoms with van der Waals surface area (Å²) >= 11 is 0. The lowest BCUT2D eigenvalue weighted by Gasteiger charge is -2.22. The number of benzene rings is 1. The van der Waals surface area contributed by atoms with E-state index in [1.165, 1.54) is 0 Å². The summed E-state index contributed by atoms with van der Waals surface area (Å²) in [6, 6.07) is 8.51. The van der Waals surface area contributed by atoms with Crippen molar-refractivity contribution < 1.29 is 9.59 Å². The zero-order chi connectivity index (χ0) is 14.8. The second-order valence-corrected chi connectivity index (χ2v) is 4.82. The number of hydrogen-bond donors (Lipinski definition) is 1. The van der Waals surface area contributed by atoms with E-state index in [1.54, 1.807) is 29.2 Å². The maximum Gasteiger partial charge on any atom is 0.324 e. The van der Waals surface area contributed by atoms with E-state index in [9.17, 15) is 9.59 Å². The molecule has 0 aliphatic rings. The third-order valence-electron chi connectivity index (χ3n) is 3.11. The van der Waals surface area contributed by atoms with Crippen molar-refractivity contribution in [1.82, 2.24) is 10.2 Å². The van der Waals surface area contributed by atoms with Crippen molar-refractivity contribution in [3.63, 3.8) is 0 Å². The lowest BCUT2D eigenvalue weighted by molar-refractivity contribution is 0.0951. The Balaban J connectivity index is 2.58. The van der Waals surface area contributed by atoms with Gasteiger partial charge in [-0.05, 0) is 25.0 Å². The number of carbonyl (C=O) groups excluding carboxylic acids is 2. The minimum Gasteiger partial charge on any atom is -0.324 e. The Bertz CT molecular complexity index is 410. The summed E-state index contributed by atoms with van der Waals surface area (Å²) in [5.41, 5.74) is 0.506. The minimum atomic E-state index is -0.339. The number of rotatable bonds is 7. The summed E-state index contributed by atoms with van der Waals surface area (Å²) in [5, 5.41) is 2.46. The van der Waals surface area contributed by atoms with Gasteiger partial charge in [0.25, 0.3) is 5.91 Å². The highest BCUT2D eigenvalue weighted by Crippen LogP contribution is 2.02. The molecule has 0 saturated carbocycles. The minimum absolute atomic E-state index is 0.291. The molecule has 4 nitrogen and oxygen atoms in total. The fourth-order valence-electron chi connectivity index (χ4n) is 1.85. The van der Waals surface area contributed by atoms with Crippen molar-refractivity contribution in [3.05, 3.63) is 35.9 Å². The lowest BCUT2D eigenvalue weighted by Crippen LogP contribution is -2.43. The first-order valence-corrected chi connectivity index (χ1v) is 7.34. The molecule has 1 aromatic rings. The molecule has 0 unspecified atom stereocenters. The fraction of sp³-hybridized carbons (Fsp3) is 0.500. The van der Waals surface area contributed by atoms with Gasteiger partial charge in [-0.15, -0.1) is 0 Å². The van der Waals surface area contributed by atoms with Gasteiger partial charge in [0.05, 0.1) is 0 Å². The van der Waals surface area contributed by atoms with Crippen LogP contribution in [-0.4, -0.2) is 29.9 Å². The number of unbranched alkanes of at least 4 members (excludes halogenated alkanes) is 2. The third-order valence-corrected chi connectivity index (χ3v) is 3.11. The molecule has 20 heavy (non-hydrogen) atoms. The van der Waals surface area contributed by atoms with Crippen LogP contribution in [0.1, 0.15) is 49.9 Å². The fourth-order valence-corrected chi connectivity index (χ4v) is 1.85. The molecule has 0 fully saturated rings. The van der Waals surface area contributed by atoms with Gasteiger partial charge in [-0.2, -0.15) is 0 Å². The largest absolute Gasteiger partial charge is 0.324 e. The molecule has 4 heteroatoms. The van der Waals surface area contributed by atoms with Crippen molar-refractivity contribution in [2.45, 2.75) is 39.5 Å². The van der Waals surface area contributed by atoms with Gasteiger partial charge < -0.3 is 4.90 Å². The van der Waals surface area contributed by atoms with E-state index in [-0.39, 0.29) is 11.9 Å². The standard InChI is InChI=1S/C16H24N2O2/c1-3-5-12-18(13-6-4-2)16(20)17-15(19)14-10-8-7-9-11-14/h7-11H,3-6,12-13H2,1-2H3,(H,17,19,20). The first-order chi connectivity index (χ1) is 9.69. The molecule has 0 aliphatic carbocycles. The number of nitrogens with one attached hydrogen (secondary N) is 1. The van der Waals surface area contributed by atoms with E-state index in [4.69, 9.17) is 0 Å². The van der Waals surface area contributed by atoms with Gasteiger partial charge in [0.1, 0.15) is 0 Å². The molecule has 0 aliphatic heterocycles. The predicted octanol–water partition coefficient (Wildman–Crippen LogP) is 3.44. The van der Waals surface area contributed by atoms with Crippen LogP contribution in [0.3, 0.4) is 0 Å². The van der Waals surface area contributed by atoms with E-state index in [2.05, 4.69) is 19.2 Å². The van der Waals surface area contributed by atoms with Crippen LogP contribution in [0.4, 0.5) is 4.79 Å². The molecule has 1 rings (SSSR count). The summed E-state index contributed by atoms with van der Waals surface area (Å²) < 4.78 is 0. The lowest BCUT2D eigenvalue weighted by atomic mass is 10.2. The molecule has 0 heterocycles. The Morgan fingerprint density at radius 3 is 2.05 bits per heavy atom. The molecule has 110 valence electrons. The van der Waals surface area contributed by atoms with E-state index < -0.39 is 0 Å². The zero-order valence-corrected chi connectivity index (χ0v) is 12.4. The number of nitrogens with zero attached hydrogens (tertiary/aromatic N) is 1. The monoisotopic (exact) mass is 276 g/mol. The number of amides is 3. The van der Waals surface area contributed by atoms with Crippen LogP contribution in [0.2, 0.25) is 0 Å². The quantitative estimate of drug-likeness (QED) is 0.829. The van der Waals surface area contributed by atoms with E-state index in [1.807, 2.05) is 6.07 Å². The number of hydrogen-bond acceptors (Lipinski definition) is 2. The van der Waals surface area contributed by atoms with Crippen LogP contribution in [0, 0.1) is 0 Å². The summed E-state index contributed by atoms with van der Waals surface area (Å²) in [6.45, 7) is 5.57. The van der Waals surface area contributed by atoms with Crippen molar-refractivity contribution in [2.75, 3.05) is 13.1 Å². The van der Waals surface area contributed by atoms with Gasteiger partial charge in [0.2, 0.25) is 0 Å². The molecular weight excluding hydrogens is 252 g/mol. The first kappa shape index (κ1) is 16.2. The molecule has 1 aromatic carbocycles. The second kappa shape index (κ2) is 9.13. The van der Waals surface area contributed by atoms with Gasteiger partial charge in [-0.3, -0.25) is 10.1 Å². The normalized spacial score (nSPS) is 10.1. The van der Waals surface area contributed by atoms with Crippen LogP contribution < -0.4 is 5.32 Å². The van der Waals surface area contributed by atoms with E-state index >= 15 is 0 Å². The SMILES string of the molecule is CCCCN(CCCC)C(=O)NC(=O)c1ccccc1. The topological polar surface area (TPSA) is 49.4 Å². The summed E-state index contributed by atoms with van der Waals surface area (Å²) in [5.74, 6) is -0.339. The van der Waals surface area contributed by atoms with Crippen molar-refractivity contribution in [2.24, 2.45) is 0 Å². The Kier molecular flexibility index (Phi) is 7.40. The van der Waals surface area contributed by atoms with Crippen molar-refractivity contribution >= 4 is 11.9 Å². The number of carbonyl (C=O) groups is 2. The van der Waals surface area contributed by atoms with E-state index in [0.29, 0.717) is 18.7 Å². The average molecular weight is 276 g/mol. The highest BCUT2D eigenvalue weighted by Gasteiger charge is 2.16. The summed E-state index contributed by atoms with van der Waals surface area (Å²) in [7, 11) is 0. The van der Waals surface area contributed by atoms with E-state index in [0.717, 1.165) is 25.7 Å². The molecule has 3 amide bonds. The molecule has 0 bridgehead atoms. The van der Waals surface area contributed by atoms with Crippen LogP contribution in [0.25, 0.3) is 0 Å². The first-order valence-electron chi connectivity index (χ1n) is 7.34. The Hall–Kier alpha value is -1.84. The molecule has 1 N–H and O–H groups in total. The maximum atomic E-state index is 12.1. The summed E-state index contributed by atoms with van der Waals surface area (Å²) in [6.07, 6.45) is 3.97. The van der Waals surface area contributed by atoms with Crippen LogP contribution >= 0.6 is 0 Å². The number of urea groups is 1. The van der Waals surface area contributed by atoms with Crippen LogP contribution in [-0.2, 0) is 0 Å². The average Bonchev–Trinajstić information content (AvgIpc) is 2.48. The Morgan fingerprint density at radius 2 is 1.55 bits per heavy atom. The van der Waals surface area contributed by atoms with Crippen molar-refractivity contribution in [1.29, 1.82) is 0 Å². The Labute approximate surface area is 121 Å². The predicted molar refractivity (Wildman–Crippen MR) is 80.7 cm³/mol. The Morgan fingerprint density at radius 1 is 1.00 bits per heavy atom. The van der Waals surface area contributed by atoms with Gasteiger partial charge in [0.15, 0.2) is 0 Å². The molecule has 0 saturated heterocycles. The highest BCUT2D eigenvalue weighted by atomic mass is 16.2. The number of imide groups is 1. The molecular formula is C16H24N2O2. The molecule has 0 spiro atoms. The van der Waals surface area contributed by atoms with Gasteiger partial charge >= 0.3 is 6.03 Å². The second-order valence-electron chi connectivity index (χ2n) is 4.82. The zero-order valence-electron chi connectivity index (χ0n) is 12.4. The molecule has 0 radical (unpaired) electrons. The van der Waals surface area contributed by atoms with Crippen LogP contribution in [0.5, 0.6) is 0 Å². The maximum absolute atomic E-state index is 12.1. The van der Waals surface area contributed by atoms with Crippen molar-refractivity contribution in [3.8, 4) is 0 Å². The van der Waals surface area contributed by atoms with Crippen LogP contribution in [0.15, 0.2) is 30.3 Å². The molecule has 0 aromatic heterocycles. The molecule has 0 atom stereocenters. The smallest absolute Gasteiger partial charge is 0.324 e. The van der Waals surface area contributed by atoms with Gasteiger partial charge in [-0.1, -0.05) is 44.9 Å². The third kappa shape index (κ3) is 5.43. The highest BCUT2D eigenvalue weighted by molar-refractivity contribution is 6.04.